The van der Waals surface area contributed by atoms with Crippen LogP contribution in [0.1, 0.15) is 0 Å². The van der Waals surface area contributed by atoms with E-state index in [1.807, 2.05) is 0 Å². The van der Waals surface area contributed by atoms with E-state index < -0.39 is 47.0 Å². The van der Waals surface area contributed by atoms with Crippen LogP contribution in [0.4, 0.5) is 23.5 Å². The zero-order valence-corrected chi connectivity index (χ0v) is 17.9. The van der Waals surface area contributed by atoms with Crippen molar-refractivity contribution in [1.82, 2.24) is 19.3 Å². The summed E-state index contributed by atoms with van der Waals surface area (Å²) in [5.74, 6) is -0.439. The van der Waals surface area contributed by atoms with Crippen LogP contribution in [-0.4, -0.2) is 80.1 Å². The first kappa shape index (κ1) is 23.2. The number of piperazine rings is 1. The average molecular weight is 496 g/mol. The number of hydrogen-bond donors (Lipinski definition) is 5. The summed E-state index contributed by atoms with van der Waals surface area (Å²) >= 11 is -2.11. The molecule has 6 N–H and O–H groups in total. The van der Waals surface area contributed by atoms with E-state index in [1.54, 1.807) is 4.90 Å². The Bertz CT molecular complexity index is 1230. The second-order valence-electron chi connectivity index (χ2n) is 6.20. The van der Waals surface area contributed by atoms with Crippen molar-refractivity contribution in [2.45, 2.75) is 9.79 Å². The number of benzene rings is 1. The molecule has 1 saturated heterocycles. The number of hydrogen-bond acceptors (Lipinski definition) is 11. The Labute approximate surface area is 179 Å². The van der Waals surface area contributed by atoms with Crippen LogP contribution in [0.2, 0.25) is 0 Å². The van der Waals surface area contributed by atoms with Gasteiger partial charge in [0.05, 0.1) is 10.6 Å². The third kappa shape index (κ3) is 5.61. The molecular weight excluding hydrogens is 478 g/mol. The van der Waals surface area contributed by atoms with Crippen molar-refractivity contribution in [3.8, 4) is 0 Å². The maximum atomic E-state index is 11.6. The fraction of sp³-hybridized carbons (Fsp3) is 0.308. The Morgan fingerprint density at radius 2 is 1.65 bits per heavy atom. The smallest absolute Gasteiger partial charge is 0.296 e. The van der Waals surface area contributed by atoms with Crippen molar-refractivity contribution in [2.24, 2.45) is 0 Å². The molecular formula is C13H17N7O8S3. The van der Waals surface area contributed by atoms with E-state index in [-0.39, 0.29) is 44.0 Å². The first-order valence-corrected chi connectivity index (χ1v) is 12.3. The Hall–Kier alpha value is -2.48. The van der Waals surface area contributed by atoms with Gasteiger partial charge in [0, 0.05) is 26.2 Å². The van der Waals surface area contributed by atoms with Crippen molar-refractivity contribution in [3.05, 3.63) is 18.2 Å². The average Bonchev–Trinajstić information content (AvgIpc) is 2.66. The third-order valence-electron chi connectivity index (χ3n) is 4.16. The van der Waals surface area contributed by atoms with Crippen LogP contribution >= 0.6 is 0 Å². The minimum atomic E-state index is -4.78. The van der Waals surface area contributed by atoms with E-state index in [0.717, 1.165) is 18.2 Å². The second-order valence-corrected chi connectivity index (χ2v) is 9.99. The normalized spacial score (nSPS) is 16.8. The zero-order chi connectivity index (χ0) is 23.0. The summed E-state index contributed by atoms with van der Waals surface area (Å²) in [6.45, 7) is 1.04. The van der Waals surface area contributed by atoms with Gasteiger partial charge < -0.3 is 16.0 Å². The quantitative estimate of drug-likeness (QED) is 0.238. The summed E-state index contributed by atoms with van der Waals surface area (Å²) in [5.41, 5.74) is 5.25. The molecule has 15 nitrogen and oxygen atoms in total. The van der Waals surface area contributed by atoms with Crippen LogP contribution in [-0.2, 0) is 31.5 Å². The van der Waals surface area contributed by atoms with Gasteiger partial charge in [0.15, 0.2) is 0 Å². The molecule has 31 heavy (non-hydrogen) atoms. The van der Waals surface area contributed by atoms with E-state index in [0.29, 0.717) is 0 Å². The number of nitrogen functional groups attached to an aromatic ring is 1. The molecule has 18 heteroatoms. The molecule has 170 valence electrons. The molecule has 2 heterocycles. The summed E-state index contributed by atoms with van der Waals surface area (Å²) < 4.78 is 86.3. The van der Waals surface area contributed by atoms with Crippen molar-refractivity contribution < 1.29 is 34.7 Å². The molecule has 1 aromatic heterocycles. The van der Waals surface area contributed by atoms with Crippen molar-refractivity contribution in [3.63, 3.8) is 0 Å². The number of aromatic nitrogens is 3. The number of nitrogens with two attached hydrogens (primary N) is 1. The van der Waals surface area contributed by atoms with Gasteiger partial charge in [-0.3, -0.25) is 13.7 Å². The molecule has 0 amide bonds. The molecule has 1 unspecified atom stereocenters. The highest BCUT2D eigenvalue weighted by atomic mass is 32.2. The molecule has 0 radical (unpaired) electrons. The van der Waals surface area contributed by atoms with Crippen molar-refractivity contribution in [2.75, 3.05) is 42.1 Å². The standard InChI is InChI=1S/C13H17N7O8S3/c14-11-16-12(18-13(17-11)19-3-5-20(6-4-19)29(21)22)15-9-7-8(30(23,24)25)1-2-10(9)31(26,27)28/h1-2,7H,3-6H2,(H,21,22)(H,23,24,25)(H,26,27,28)(H3,14,15,16,17,18). The fourth-order valence-electron chi connectivity index (χ4n) is 2.73. The predicted molar refractivity (Wildman–Crippen MR) is 108 cm³/mol. The molecule has 1 atom stereocenters. The molecule has 1 aliphatic rings. The molecule has 1 aromatic carbocycles. The zero-order valence-electron chi connectivity index (χ0n) is 15.5. The highest BCUT2D eigenvalue weighted by molar-refractivity contribution is 7.86. The van der Waals surface area contributed by atoms with Gasteiger partial charge in [0.2, 0.25) is 29.1 Å². The van der Waals surface area contributed by atoms with Crippen LogP contribution in [0, 0.1) is 0 Å². The van der Waals surface area contributed by atoms with E-state index in [4.69, 9.17) is 10.3 Å². The van der Waals surface area contributed by atoms with Gasteiger partial charge >= 0.3 is 0 Å². The lowest BCUT2D eigenvalue weighted by molar-refractivity contribution is 0.371. The first-order chi connectivity index (χ1) is 14.3. The van der Waals surface area contributed by atoms with Gasteiger partial charge in [-0.2, -0.15) is 36.1 Å². The van der Waals surface area contributed by atoms with Crippen molar-refractivity contribution in [1.29, 1.82) is 0 Å². The molecule has 1 aliphatic heterocycles. The lowest BCUT2D eigenvalue weighted by Gasteiger charge is -2.32. The Morgan fingerprint density at radius 1 is 1.00 bits per heavy atom. The summed E-state index contributed by atoms with van der Waals surface area (Å²) in [6, 6.07) is 2.34. The third-order valence-corrected chi connectivity index (χ3v) is 6.72. The first-order valence-electron chi connectivity index (χ1n) is 8.33. The monoisotopic (exact) mass is 495 g/mol. The van der Waals surface area contributed by atoms with Crippen LogP contribution in [0.3, 0.4) is 0 Å². The largest absolute Gasteiger partial charge is 0.368 e. The Kier molecular flexibility index (Phi) is 6.41. The second kappa shape index (κ2) is 8.57. The van der Waals surface area contributed by atoms with E-state index in [2.05, 4.69) is 20.3 Å². The minimum absolute atomic E-state index is 0.0812. The number of anilines is 4. The SMILES string of the molecule is Nc1nc(Nc2cc(S(=O)(=O)O)ccc2S(=O)(=O)O)nc(N2CCN(S(=O)O)CC2)n1. The summed E-state index contributed by atoms with van der Waals surface area (Å²) in [6.07, 6.45) is 0. The molecule has 2 aromatic rings. The Balaban J connectivity index is 1.95. The minimum Gasteiger partial charge on any atom is -0.368 e. The summed E-state index contributed by atoms with van der Waals surface area (Å²) in [4.78, 5) is 12.2. The van der Waals surface area contributed by atoms with E-state index in [1.165, 1.54) is 4.31 Å². The fourth-order valence-corrected chi connectivity index (χ4v) is 4.35. The van der Waals surface area contributed by atoms with Gasteiger partial charge in [-0.15, -0.1) is 0 Å². The lowest BCUT2D eigenvalue weighted by Crippen LogP contribution is -2.47. The van der Waals surface area contributed by atoms with Crippen molar-refractivity contribution >= 4 is 55.0 Å². The number of nitrogens with zero attached hydrogens (tertiary/aromatic N) is 5. The van der Waals surface area contributed by atoms with E-state index in [9.17, 15) is 30.1 Å². The molecule has 0 aliphatic carbocycles. The molecule has 0 bridgehead atoms. The van der Waals surface area contributed by atoms with Gasteiger partial charge in [0.25, 0.3) is 20.2 Å². The van der Waals surface area contributed by atoms with Crippen LogP contribution < -0.4 is 16.0 Å². The summed E-state index contributed by atoms with van der Waals surface area (Å²) in [5, 5.41) is 2.46. The Morgan fingerprint density at radius 3 is 2.19 bits per heavy atom. The maximum Gasteiger partial charge on any atom is 0.296 e. The maximum absolute atomic E-state index is 11.6. The van der Waals surface area contributed by atoms with Crippen LogP contribution in [0.15, 0.2) is 28.0 Å². The molecule has 3 rings (SSSR count). The van der Waals surface area contributed by atoms with E-state index >= 15 is 0 Å². The van der Waals surface area contributed by atoms with Crippen LogP contribution in [0.5, 0.6) is 0 Å². The van der Waals surface area contributed by atoms with Gasteiger partial charge in [0.1, 0.15) is 4.90 Å². The number of rotatable bonds is 6. The molecule has 1 fully saturated rings. The van der Waals surface area contributed by atoms with Crippen LogP contribution in [0.25, 0.3) is 0 Å². The predicted octanol–water partition coefficient (Wildman–Crippen LogP) is -1.05. The number of nitrogens with one attached hydrogen (secondary N) is 1. The highest BCUT2D eigenvalue weighted by Crippen LogP contribution is 2.27. The molecule has 0 spiro atoms. The lowest BCUT2D eigenvalue weighted by atomic mass is 10.3. The molecule has 0 saturated carbocycles. The summed E-state index contributed by atoms with van der Waals surface area (Å²) in [7, 11) is -9.46. The van der Waals surface area contributed by atoms with Gasteiger partial charge in [-0.05, 0) is 18.2 Å². The highest BCUT2D eigenvalue weighted by Gasteiger charge is 2.24. The van der Waals surface area contributed by atoms with Gasteiger partial charge in [-0.25, -0.2) is 4.21 Å². The topological polar surface area (TPSA) is 229 Å². The van der Waals surface area contributed by atoms with Gasteiger partial charge in [-0.1, -0.05) is 0 Å².